The van der Waals surface area contributed by atoms with Crippen molar-refractivity contribution in [3.05, 3.63) is 0 Å². The Morgan fingerprint density at radius 1 is 1.42 bits per heavy atom. The molecule has 12 heavy (non-hydrogen) atoms. The van der Waals surface area contributed by atoms with Crippen molar-refractivity contribution >= 4 is 29.1 Å². The van der Waals surface area contributed by atoms with E-state index in [2.05, 4.69) is 4.74 Å². The Hall–Kier alpha value is -0.370. The molecule has 74 valence electrons. The average molecular weight is 219 g/mol. The fourth-order valence-electron chi connectivity index (χ4n) is 0.407. The minimum absolute atomic E-state index is 0. The Morgan fingerprint density at radius 2 is 1.83 bits per heavy atom. The molecule has 0 spiro atoms. The van der Waals surface area contributed by atoms with Gasteiger partial charge in [0.1, 0.15) is 11.4 Å². The molecule has 0 bridgehead atoms. The lowest BCUT2D eigenvalue weighted by atomic mass is 10.3. The SMILES string of the molecule is COC(=O)C(N)C(N)[SH](=O)=O.Cl. The molecule has 0 saturated heterocycles. The molecule has 0 saturated carbocycles. The van der Waals surface area contributed by atoms with E-state index >= 15 is 0 Å². The molecule has 0 aliphatic heterocycles. The number of hydrogen-bond acceptors (Lipinski definition) is 6. The highest BCUT2D eigenvalue weighted by molar-refractivity contribution is 7.73. The summed E-state index contributed by atoms with van der Waals surface area (Å²) in [7, 11) is -1.78. The summed E-state index contributed by atoms with van der Waals surface area (Å²) in [5.74, 6) is -0.836. The van der Waals surface area contributed by atoms with E-state index in [1.807, 2.05) is 0 Å². The summed E-state index contributed by atoms with van der Waals surface area (Å²) in [6.07, 6.45) is 0. The van der Waals surface area contributed by atoms with Crippen LogP contribution in [0.4, 0.5) is 0 Å². The second kappa shape index (κ2) is 6.18. The van der Waals surface area contributed by atoms with E-state index < -0.39 is 28.1 Å². The fraction of sp³-hybridized carbons (Fsp3) is 0.750. The molecule has 0 aromatic carbocycles. The van der Waals surface area contributed by atoms with Crippen LogP contribution in [0.25, 0.3) is 0 Å². The topological polar surface area (TPSA) is 112 Å². The number of methoxy groups -OCH3 is 1. The summed E-state index contributed by atoms with van der Waals surface area (Å²) in [4.78, 5) is 10.6. The van der Waals surface area contributed by atoms with Crippen molar-refractivity contribution in [2.45, 2.75) is 11.4 Å². The zero-order valence-electron chi connectivity index (χ0n) is 6.30. The number of thiol groups is 1. The van der Waals surface area contributed by atoms with Crippen LogP contribution in [0.5, 0.6) is 0 Å². The van der Waals surface area contributed by atoms with Crippen LogP contribution in [-0.4, -0.2) is 32.9 Å². The van der Waals surface area contributed by atoms with Crippen LogP contribution in [0, 0.1) is 0 Å². The first-order valence-corrected chi connectivity index (χ1v) is 3.98. The van der Waals surface area contributed by atoms with Gasteiger partial charge >= 0.3 is 5.97 Å². The molecule has 0 rings (SSSR count). The van der Waals surface area contributed by atoms with Gasteiger partial charge in [0.05, 0.1) is 7.11 Å². The van der Waals surface area contributed by atoms with Crippen molar-refractivity contribution in [2.75, 3.05) is 7.11 Å². The molecule has 4 N–H and O–H groups in total. The predicted molar refractivity (Wildman–Crippen MR) is 45.5 cm³/mol. The lowest BCUT2D eigenvalue weighted by Gasteiger charge is -2.10. The van der Waals surface area contributed by atoms with Crippen LogP contribution in [0.15, 0.2) is 0 Å². The van der Waals surface area contributed by atoms with E-state index in [0.717, 1.165) is 7.11 Å². The first-order valence-electron chi connectivity index (χ1n) is 2.73. The van der Waals surface area contributed by atoms with E-state index in [9.17, 15) is 13.2 Å². The van der Waals surface area contributed by atoms with Gasteiger partial charge in [-0.2, -0.15) is 0 Å². The highest BCUT2D eigenvalue weighted by Gasteiger charge is 2.23. The molecular formula is C4H11ClN2O4S. The second-order valence-electron chi connectivity index (χ2n) is 1.82. The van der Waals surface area contributed by atoms with Crippen LogP contribution in [-0.2, 0) is 20.2 Å². The first kappa shape index (κ1) is 14.2. The predicted octanol–water partition coefficient (Wildman–Crippen LogP) is -2.20. The van der Waals surface area contributed by atoms with Crippen molar-refractivity contribution in [2.24, 2.45) is 11.5 Å². The molecule has 8 heteroatoms. The molecule has 0 radical (unpaired) electrons. The van der Waals surface area contributed by atoms with Crippen LogP contribution in [0.3, 0.4) is 0 Å². The molecular weight excluding hydrogens is 208 g/mol. The maximum atomic E-state index is 10.6. The van der Waals surface area contributed by atoms with E-state index in [0.29, 0.717) is 0 Å². The third-order valence-corrected chi connectivity index (χ3v) is 1.89. The third kappa shape index (κ3) is 3.86. The van der Waals surface area contributed by atoms with Crippen LogP contribution >= 0.6 is 12.4 Å². The maximum absolute atomic E-state index is 10.6. The summed E-state index contributed by atoms with van der Waals surface area (Å²) >= 11 is 0. The van der Waals surface area contributed by atoms with Crippen molar-refractivity contribution in [1.82, 2.24) is 0 Å². The van der Waals surface area contributed by atoms with Crippen LogP contribution in [0.1, 0.15) is 0 Å². The Bertz CT molecular complexity index is 211. The highest BCUT2D eigenvalue weighted by Crippen LogP contribution is 1.89. The molecule has 0 amide bonds. The monoisotopic (exact) mass is 218 g/mol. The molecule has 0 aliphatic carbocycles. The number of esters is 1. The first-order chi connectivity index (χ1) is 5.00. The van der Waals surface area contributed by atoms with Gasteiger partial charge in [-0.3, -0.25) is 4.79 Å². The summed E-state index contributed by atoms with van der Waals surface area (Å²) < 4.78 is 24.5. The lowest BCUT2D eigenvalue weighted by Crippen LogP contribution is -2.48. The van der Waals surface area contributed by atoms with Gasteiger partial charge in [-0.1, -0.05) is 0 Å². The number of halogens is 1. The van der Waals surface area contributed by atoms with E-state index in [4.69, 9.17) is 11.5 Å². The van der Waals surface area contributed by atoms with Crippen LogP contribution < -0.4 is 11.5 Å². The van der Waals surface area contributed by atoms with E-state index in [1.54, 1.807) is 0 Å². The zero-order chi connectivity index (χ0) is 9.02. The summed E-state index contributed by atoms with van der Waals surface area (Å²) in [5.41, 5.74) is 10.1. The molecule has 0 aromatic rings. The largest absolute Gasteiger partial charge is 0.468 e. The molecule has 0 heterocycles. The van der Waals surface area contributed by atoms with Crippen molar-refractivity contribution in [1.29, 1.82) is 0 Å². The Kier molecular flexibility index (Phi) is 7.30. The smallest absolute Gasteiger partial charge is 0.325 e. The minimum atomic E-state index is -2.89. The van der Waals surface area contributed by atoms with E-state index in [-0.39, 0.29) is 12.4 Å². The Labute approximate surface area is 77.6 Å². The number of carbonyl (C=O) groups is 1. The van der Waals surface area contributed by atoms with Gasteiger partial charge in [-0.15, -0.1) is 12.4 Å². The van der Waals surface area contributed by atoms with Gasteiger partial charge in [0.15, 0.2) is 10.7 Å². The van der Waals surface area contributed by atoms with Gasteiger partial charge in [-0.05, 0) is 0 Å². The molecule has 0 fully saturated rings. The zero-order valence-corrected chi connectivity index (χ0v) is 8.01. The van der Waals surface area contributed by atoms with Crippen LogP contribution in [0.2, 0.25) is 0 Å². The lowest BCUT2D eigenvalue weighted by molar-refractivity contribution is -0.142. The number of carbonyl (C=O) groups excluding carboxylic acids is 1. The Balaban J connectivity index is 0. The van der Waals surface area contributed by atoms with Crippen molar-refractivity contribution in [3.8, 4) is 0 Å². The van der Waals surface area contributed by atoms with Gasteiger partial charge in [-0.25, -0.2) is 8.42 Å². The summed E-state index contributed by atoms with van der Waals surface area (Å²) in [6.45, 7) is 0. The quantitative estimate of drug-likeness (QED) is 0.366. The molecule has 0 aliphatic rings. The minimum Gasteiger partial charge on any atom is -0.468 e. The summed E-state index contributed by atoms with van der Waals surface area (Å²) in [6, 6.07) is -1.30. The van der Waals surface area contributed by atoms with Gasteiger partial charge in [0.25, 0.3) is 0 Å². The molecule has 2 atom stereocenters. The van der Waals surface area contributed by atoms with Crippen molar-refractivity contribution < 1.29 is 17.9 Å². The number of hydrogen-bond donors (Lipinski definition) is 3. The number of rotatable bonds is 3. The average Bonchev–Trinajstić information content (AvgIpc) is 2.00. The molecule has 2 unspecified atom stereocenters. The highest BCUT2D eigenvalue weighted by atomic mass is 35.5. The second-order valence-corrected chi connectivity index (χ2v) is 2.99. The third-order valence-electron chi connectivity index (χ3n) is 1.08. The summed E-state index contributed by atoms with van der Waals surface area (Å²) in [5, 5.41) is -1.38. The standard InChI is InChI=1S/C4H10N2O4S.ClH/c1-10-4(7)2(5)3(6)11(8)9;/h2-3,11H,5-6H2,1H3;1H. The normalized spacial score (nSPS) is 14.7. The van der Waals surface area contributed by atoms with Gasteiger partial charge in [0.2, 0.25) is 0 Å². The van der Waals surface area contributed by atoms with Gasteiger partial charge < -0.3 is 16.2 Å². The fourth-order valence-corrected chi connectivity index (χ4v) is 0.791. The van der Waals surface area contributed by atoms with Crippen molar-refractivity contribution in [3.63, 3.8) is 0 Å². The molecule has 6 nitrogen and oxygen atoms in total. The van der Waals surface area contributed by atoms with Gasteiger partial charge in [0, 0.05) is 0 Å². The number of nitrogens with two attached hydrogens (primary N) is 2. The Morgan fingerprint density at radius 3 is 2.08 bits per heavy atom. The maximum Gasteiger partial charge on any atom is 0.325 e. The molecule has 0 aromatic heterocycles. The number of ether oxygens (including phenoxy) is 1. The van der Waals surface area contributed by atoms with E-state index in [1.165, 1.54) is 0 Å².